The third kappa shape index (κ3) is 4.15. The van der Waals surface area contributed by atoms with Gasteiger partial charge >= 0.3 is 0 Å². The van der Waals surface area contributed by atoms with E-state index in [1.54, 1.807) is 41.6 Å². The van der Waals surface area contributed by atoms with Crippen LogP contribution in [0.15, 0.2) is 85.5 Å². The Kier molecular flexibility index (Phi) is 5.47. The molecule has 7 nitrogen and oxygen atoms in total. The first-order chi connectivity index (χ1) is 15.7. The van der Waals surface area contributed by atoms with E-state index in [1.165, 1.54) is 0 Å². The lowest BCUT2D eigenvalue weighted by molar-refractivity contribution is -0.134. The number of rotatable bonds is 7. The first-order valence-corrected chi connectivity index (χ1v) is 10.5. The highest BCUT2D eigenvalue weighted by Gasteiger charge is 2.19. The van der Waals surface area contributed by atoms with Crippen LogP contribution < -0.4 is 4.74 Å². The SMILES string of the molecule is O=C(COc1ccc(Cl)cc1)N(Cc1cnc2ccccn12)Cc1cnc2ccccn12. The zero-order valence-corrected chi connectivity index (χ0v) is 17.9. The molecule has 0 N–H and O–H groups in total. The van der Waals surface area contributed by atoms with Crippen molar-refractivity contribution < 1.29 is 9.53 Å². The molecular formula is C24H20ClN5O2. The maximum atomic E-state index is 13.2. The summed E-state index contributed by atoms with van der Waals surface area (Å²) in [5.41, 5.74) is 3.49. The number of hydrogen-bond donors (Lipinski definition) is 0. The van der Waals surface area contributed by atoms with E-state index in [1.807, 2.05) is 57.6 Å². The Morgan fingerprint density at radius 2 is 1.41 bits per heavy atom. The second-order valence-corrected chi connectivity index (χ2v) is 7.79. The molecule has 1 amide bonds. The van der Waals surface area contributed by atoms with Gasteiger partial charge in [-0.2, -0.15) is 0 Å². The van der Waals surface area contributed by atoms with E-state index < -0.39 is 0 Å². The van der Waals surface area contributed by atoms with Gasteiger partial charge in [-0.1, -0.05) is 23.7 Å². The van der Waals surface area contributed by atoms with Gasteiger partial charge in [0.15, 0.2) is 6.61 Å². The van der Waals surface area contributed by atoms with Crippen molar-refractivity contribution in [3.63, 3.8) is 0 Å². The summed E-state index contributed by atoms with van der Waals surface area (Å²) in [6, 6.07) is 18.6. The van der Waals surface area contributed by atoms with E-state index in [9.17, 15) is 4.79 Å². The molecule has 8 heteroatoms. The molecule has 4 aromatic heterocycles. The molecule has 4 heterocycles. The van der Waals surface area contributed by atoms with Gasteiger partial charge in [0.25, 0.3) is 5.91 Å². The average molecular weight is 446 g/mol. The van der Waals surface area contributed by atoms with Crippen molar-refractivity contribution in [3.05, 3.63) is 102 Å². The third-order valence-electron chi connectivity index (χ3n) is 5.22. The fraction of sp³-hybridized carbons (Fsp3) is 0.125. The number of imidazole rings is 2. The van der Waals surface area contributed by atoms with Gasteiger partial charge in [-0.15, -0.1) is 0 Å². The predicted molar refractivity (Wildman–Crippen MR) is 122 cm³/mol. The zero-order valence-electron chi connectivity index (χ0n) is 17.1. The number of ether oxygens (including phenoxy) is 1. The van der Waals surface area contributed by atoms with E-state index in [0.29, 0.717) is 23.9 Å². The minimum Gasteiger partial charge on any atom is -0.484 e. The molecule has 0 unspecified atom stereocenters. The minimum atomic E-state index is -0.142. The Morgan fingerprint density at radius 3 is 1.97 bits per heavy atom. The van der Waals surface area contributed by atoms with Gasteiger partial charge < -0.3 is 18.4 Å². The Balaban J connectivity index is 1.40. The molecule has 0 radical (unpaired) electrons. The fourth-order valence-electron chi connectivity index (χ4n) is 3.59. The summed E-state index contributed by atoms with van der Waals surface area (Å²) in [5, 5.41) is 0.616. The molecule has 32 heavy (non-hydrogen) atoms. The van der Waals surface area contributed by atoms with Crippen LogP contribution in [0.2, 0.25) is 5.02 Å². The van der Waals surface area contributed by atoms with Crippen molar-refractivity contribution in [1.29, 1.82) is 0 Å². The summed E-state index contributed by atoms with van der Waals surface area (Å²) in [7, 11) is 0. The molecule has 0 spiro atoms. The molecule has 0 aliphatic rings. The van der Waals surface area contributed by atoms with Crippen molar-refractivity contribution in [2.45, 2.75) is 13.1 Å². The van der Waals surface area contributed by atoms with Crippen molar-refractivity contribution >= 4 is 28.8 Å². The van der Waals surface area contributed by atoms with Gasteiger partial charge in [0.1, 0.15) is 17.0 Å². The topological polar surface area (TPSA) is 64.1 Å². The van der Waals surface area contributed by atoms with Gasteiger partial charge in [0, 0.05) is 17.4 Å². The number of hydrogen-bond acceptors (Lipinski definition) is 4. The molecule has 0 bridgehead atoms. The molecule has 0 atom stereocenters. The fourth-order valence-corrected chi connectivity index (χ4v) is 3.72. The minimum absolute atomic E-state index is 0.0882. The van der Waals surface area contributed by atoms with Crippen molar-refractivity contribution in [3.8, 4) is 5.75 Å². The van der Waals surface area contributed by atoms with E-state index in [2.05, 4.69) is 9.97 Å². The van der Waals surface area contributed by atoms with Gasteiger partial charge in [-0.25, -0.2) is 9.97 Å². The lowest BCUT2D eigenvalue weighted by atomic mass is 10.3. The molecule has 160 valence electrons. The van der Waals surface area contributed by atoms with Crippen LogP contribution in [0.25, 0.3) is 11.3 Å². The second-order valence-electron chi connectivity index (χ2n) is 7.35. The third-order valence-corrected chi connectivity index (χ3v) is 5.47. The number of nitrogens with zero attached hydrogens (tertiary/aromatic N) is 5. The summed E-state index contributed by atoms with van der Waals surface area (Å²) >= 11 is 5.93. The molecule has 0 saturated heterocycles. The van der Waals surface area contributed by atoms with Crippen molar-refractivity contribution in [2.75, 3.05) is 6.61 Å². The van der Waals surface area contributed by atoms with Crippen LogP contribution in [-0.4, -0.2) is 36.2 Å². The standard InChI is InChI=1S/C24H20ClN5O2/c25-18-7-9-21(10-8-18)32-17-24(31)28(15-19-13-26-22-5-1-3-11-29(19)22)16-20-14-27-23-6-2-4-12-30(20)23/h1-14H,15-17H2. The number of carbonyl (C=O) groups excluding carboxylic acids is 1. The van der Waals surface area contributed by atoms with Crippen LogP contribution >= 0.6 is 11.6 Å². The molecule has 5 aromatic rings. The smallest absolute Gasteiger partial charge is 0.261 e. The lowest BCUT2D eigenvalue weighted by Crippen LogP contribution is -2.34. The number of aromatic nitrogens is 4. The number of fused-ring (bicyclic) bond motifs is 2. The highest BCUT2D eigenvalue weighted by molar-refractivity contribution is 6.30. The van der Waals surface area contributed by atoms with Crippen molar-refractivity contribution in [2.24, 2.45) is 0 Å². The number of halogens is 1. The quantitative estimate of drug-likeness (QED) is 0.376. The van der Waals surface area contributed by atoms with E-state index >= 15 is 0 Å². The highest BCUT2D eigenvalue weighted by Crippen LogP contribution is 2.17. The average Bonchev–Trinajstić information content (AvgIpc) is 3.42. The zero-order chi connectivity index (χ0) is 21.9. The predicted octanol–water partition coefficient (Wildman–Crippen LogP) is 4.24. The normalized spacial score (nSPS) is 11.2. The summed E-state index contributed by atoms with van der Waals surface area (Å²) in [4.78, 5) is 23.9. The van der Waals surface area contributed by atoms with Gasteiger partial charge in [-0.05, 0) is 48.5 Å². The maximum Gasteiger partial charge on any atom is 0.261 e. The summed E-state index contributed by atoms with van der Waals surface area (Å²) in [5.74, 6) is 0.448. The van der Waals surface area contributed by atoms with Crippen LogP contribution in [0.3, 0.4) is 0 Å². The van der Waals surface area contributed by atoms with E-state index in [4.69, 9.17) is 16.3 Å². The number of carbonyl (C=O) groups is 1. The van der Waals surface area contributed by atoms with Crippen LogP contribution in [0.4, 0.5) is 0 Å². The Bertz CT molecular complexity index is 1300. The molecule has 0 aliphatic heterocycles. The molecule has 0 fully saturated rings. The monoisotopic (exact) mass is 445 g/mol. The van der Waals surface area contributed by atoms with E-state index in [-0.39, 0.29) is 12.5 Å². The summed E-state index contributed by atoms with van der Waals surface area (Å²) in [6.45, 7) is 0.678. The molecule has 0 saturated carbocycles. The van der Waals surface area contributed by atoms with Crippen LogP contribution in [0, 0.1) is 0 Å². The second kappa shape index (κ2) is 8.72. The first kappa shape index (κ1) is 20.1. The summed E-state index contributed by atoms with van der Waals surface area (Å²) < 4.78 is 9.68. The van der Waals surface area contributed by atoms with Crippen LogP contribution in [0.5, 0.6) is 5.75 Å². The Labute approximate surface area is 189 Å². The Morgan fingerprint density at radius 1 is 0.844 bits per heavy atom. The number of pyridine rings is 2. The molecule has 1 aromatic carbocycles. The van der Waals surface area contributed by atoms with Gasteiger partial charge in [0.2, 0.25) is 0 Å². The molecule has 5 rings (SSSR count). The lowest BCUT2D eigenvalue weighted by Gasteiger charge is -2.22. The van der Waals surface area contributed by atoms with Gasteiger partial charge in [-0.3, -0.25) is 4.79 Å². The number of benzene rings is 1. The van der Waals surface area contributed by atoms with E-state index in [0.717, 1.165) is 22.7 Å². The first-order valence-electron chi connectivity index (χ1n) is 10.2. The Hall–Kier alpha value is -3.84. The molecule has 0 aliphatic carbocycles. The van der Waals surface area contributed by atoms with Gasteiger partial charge in [0.05, 0.1) is 36.9 Å². The maximum absolute atomic E-state index is 13.2. The summed E-state index contributed by atoms with van der Waals surface area (Å²) in [6.07, 6.45) is 7.48. The van der Waals surface area contributed by atoms with Crippen LogP contribution in [0.1, 0.15) is 11.4 Å². The largest absolute Gasteiger partial charge is 0.484 e. The molecular weight excluding hydrogens is 426 g/mol. The highest BCUT2D eigenvalue weighted by atomic mass is 35.5. The van der Waals surface area contributed by atoms with Crippen LogP contribution in [-0.2, 0) is 17.9 Å². The van der Waals surface area contributed by atoms with Crippen molar-refractivity contribution in [1.82, 2.24) is 23.7 Å². The number of amides is 1.